The van der Waals surface area contributed by atoms with Gasteiger partial charge in [-0.3, -0.25) is 14.4 Å². The number of rotatable bonds is 16. The van der Waals surface area contributed by atoms with Gasteiger partial charge in [0, 0.05) is 12.1 Å². The number of hydrogen-bond acceptors (Lipinski definition) is 10. The van der Waals surface area contributed by atoms with Gasteiger partial charge in [-0.05, 0) is 25.2 Å². The molecule has 0 aromatic heterocycles. The number of aliphatic carboxylic acids is 3. The fourth-order valence-electron chi connectivity index (χ4n) is 3.98. The third-order valence-corrected chi connectivity index (χ3v) is 6.21. The Morgan fingerprint density at radius 3 is 1.81 bits per heavy atom. The number of carbonyl (C=O) groups is 4. The van der Waals surface area contributed by atoms with Gasteiger partial charge < -0.3 is 44.3 Å². The molecule has 42 heavy (non-hydrogen) atoms. The number of aliphatic hydroxyl groups is 1. The molecule has 0 bridgehead atoms. The minimum absolute atomic E-state index is 0.0505. The van der Waals surface area contributed by atoms with E-state index < -0.39 is 48.1 Å². The van der Waals surface area contributed by atoms with Gasteiger partial charge in [0.2, 0.25) is 0 Å². The molecule has 0 radical (unpaired) electrons. The molecular weight excluding hydrogens is 554 g/mol. The number of ether oxygens (including phenoxy) is 4. The van der Waals surface area contributed by atoms with Crippen molar-refractivity contribution in [1.82, 2.24) is 4.90 Å². The van der Waals surface area contributed by atoms with Crippen LogP contribution in [0.5, 0.6) is 11.5 Å². The maximum absolute atomic E-state index is 12.5. The summed E-state index contributed by atoms with van der Waals surface area (Å²) < 4.78 is 23.1. The molecule has 0 unspecified atom stereocenters. The van der Waals surface area contributed by atoms with E-state index >= 15 is 0 Å². The highest BCUT2D eigenvalue weighted by molar-refractivity contribution is 5.88. The van der Waals surface area contributed by atoms with Crippen molar-refractivity contribution in [2.45, 2.75) is 44.5 Å². The van der Waals surface area contributed by atoms with E-state index in [9.17, 15) is 19.2 Å². The van der Waals surface area contributed by atoms with Gasteiger partial charge in [-0.2, -0.15) is 0 Å². The lowest BCUT2D eigenvalue weighted by molar-refractivity contribution is -0.170. The van der Waals surface area contributed by atoms with E-state index in [1.54, 1.807) is 0 Å². The molecule has 0 amide bonds. The molecule has 13 heteroatoms. The minimum atomic E-state index is -2.74. The zero-order valence-electron chi connectivity index (χ0n) is 23.6. The van der Waals surface area contributed by atoms with Gasteiger partial charge in [-0.25, -0.2) is 4.79 Å². The van der Waals surface area contributed by atoms with Crippen LogP contribution < -0.4 is 9.47 Å². The summed E-state index contributed by atoms with van der Waals surface area (Å²) in [5.41, 5.74) is -1.97. The van der Waals surface area contributed by atoms with Crippen molar-refractivity contribution in [3.8, 4) is 11.5 Å². The lowest BCUT2D eigenvalue weighted by Gasteiger charge is -2.27. The molecule has 3 rings (SSSR count). The highest BCUT2D eigenvalue weighted by Crippen LogP contribution is 2.45. The molecule has 4 N–H and O–H groups in total. The molecule has 0 saturated heterocycles. The van der Waals surface area contributed by atoms with Gasteiger partial charge in [0.15, 0.2) is 17.1 Å². The molecule has 2 aromatic rings. The number of fused-ring (bicyclic) bond motifs is 1. The van der Waals surface area contributed by atoms with Crippen LogP contribution in [0.2, 0.25) is 0 Å². The Hall–Kier alpha value is -4.20. The average Bonchev–Trinajstić information content (AvgIpc) is 3.32. The fourth-order valence-corrected chi connectivity index (χ4v) is 3.98. The standard InChI is InChI=1S/C23H29NO5.C6H8O7/c1-3-24(4-2)14-15-26-16-17-27-22(25)18-23(19-10-6-5-7-11-19)28-20-12-8-9-13-21(20)29-23;7-3(8)1-6(13,5(11)12)2-4(9)10/h5-13H,3-4,14-18H2,1-2H3;13H,1-2H2,(H,7,8)(H,9,10)(H,11,12). The molecule has 13 nitrogen and oxygen atoms in total. The first-order chi connectivity index (χ1) is 19.9. The molecule has 1 heterocycles. The molecule has 0 saturated carbocycles. The van der Waals surface area contributed by atoms with Crippen LogP contribution in [0.4, 0.5) is 0 Å². The predicted octanol–water partition coefficient (Wildman–Crippen LogP) is 2.35. The first-order valence-electron chi connectivity index (χ1n) is 13.3. The van der Waals surface area contributed by atoms with Crippen LogP contribution in [0.15, 0.2) is 54.6 Å². The summed E-state index contributed by atoms with van der Waals surface area (Å²) in [6, 6.07) is 16.9. The SMILES string of the molecule is CCN(CC)CCOCCOC(=O)CC1(c2ccccc2)Oc2ccccc2O1.O=C(O)CC(O)(CC(=O)O)C(=O)O. The van der Waals surface area contributed by atoms with Crippen LogP contribution in [0.3, 0.4) is 0 Å². The van der Waals surface area contributed by atoms with Crippen molar-refractivity contribution in [3.63, 3.8) is 0 Å². The normalized spacial score (nSPS) is 13.1. The summed E-state index contributed by atoms with van der Waals surface area (Å²) in [4.78, 5) is 45.3. The molecule has 0 fully saturated rings. The summed E-state index contributed by atoms with van der Waals surface area (Å²) >= 11 is 0. The molecule has 2 aromatic carbocycles. The van der Waals surface area contributed by atoms with E-state index in [-0.39, 0.29) is 13.0 Å². The maximum Gasteiger partial charge on any atom is 0.336 e. The van der Waals surface area contributed by atoms with Gasteiger partial charge in [-0.15, -0.1) is 0 Å². The van der Waals surface area contributed by atoms with E-state index in [1.807, 2.05) is 54.6 Å². The van der Waals surface area contributed by atoms with Crippen LogP contribution in [0.1, 0.15) is 38.7 Å². The van der Waals surface area contributed by atoms with Crippen molar-refractivity contribution in [1.29, 1.82) is 0 Å². The summed E-state index contributed by atoms with van der Waals surface area (Å²) in [5.74, 6) is -5.40. The Labute approximate surface area is 243 Å². The summed E-state index contributed by atoms with van der Waals surface area (Å²) in [5, 5.41) is 33.8. The van der Waals surface area contributed by atoms with Crippen molar-refractivity contribution >= 4 is 23.9 Å². The largest absolute Gasteiger partial charge is 0.481 e. The first-order valence-corrected chi connectivity index (χ1v) is 13.3. The number of benzene rings is 2. The number of likely N-dealkylation sites (N-methyl/N-ethyl adjacent to an activating group) is 1. The second-order valence-electron chi connectivity index (χ2n) is 9.28. The lowest BCUT2D eigenvalue weighted by atomic mass is 9.96. The lowest BCUT2D eigenvalue weighted by Crippen LogP contribution is -2.42. The molecular formula is C29H37NO12. The van der Waals surface area contributed by atoms with Crippen LogP contribution in [0, 0.1) is 0 Å². The number of nitrogens with zero attached hydrogens (tertiary/aromatic N) is 1. The topological polar surface area (TPSA) is 189 Å². The zero-order valence-corrected chi connectivity index (χ0v) is 23.6. The Morgan fingerprint density at radius 1 is 0.810 bits per heavy atom. The van der Waals surface area contributed by atoms with Crippen LogP contribution in [-0.2, 0) is 34.4 Å². The Bertz CT molecular complexity index is 1140. The number of carboxylic acids is 3. The van der Waals surface area contributed by atoms with E-state index in [0.29, 0.717) is 24.7 Å². The first kappa shape index (κ1) is 34.0. The highest BCUT2D eigenvalue weighted by Gasteiger charge is 2.46. The number of para-hydroxylation sites is 2. The van der Waals surface area contributed by atoms with E-state index in [0.717, 1.165) is 25.2 Å². The maximum atomic E-state index is 12.5. The number of hydrogen-bond donors (Lipinski definition) is 4. The third-order valence-electron chi connectivity index (χ3n) is 6.21. The predicted molar refractivity (Wildman–Crippen MR) is 147 cm³/mol. The molecule has 1 aliphatic heterocycles. The second kappa shape index (κ2) is 16.3. The number of carbonyl (C=O) groups excluding carboxylic acids is 1. The smallest absolute Gasteiger partial charge is 0.336 e. The van der Waals surface area contributed by atoms with Gasteiger partial charge in [-0.1, -0.05) is 56.3 Å². The van der Waals surface area contributed by atoms with Crippen LogP contribution in [0.25, 0.3) is 0 Å². The molecule has 0 atom stereocenters. The van der Waals surface area contributed by atoms with E-state index in [2.05, 4.69) is 18.7 Å². The van der Waals surface area contributed by atoms with Gasteiger partial charge in [0.25, 0.3) is 5.79 Å². The van der Waals surface area contributed by atoms with Crippen molar-refractivity contribution < 1.29 is 58.6 Å². The number of carboxylic acid groups (broad SMARTS) is 3. The molecule has 1 aliphatic rings. The van der Waals surface area contributed by atoms with Gasteiger partial charge in [0.1, 0.15) is 13.0 Å². The average molecular weight is 592 g/mol. The van der Waals surface area contributed by atoms with Crippen molar-refractivity contribution in [2.75, 3.05) is 39.5 Å². The Balaban J connectivity index is 0.000000401. The minimum Gasteiger partial charge on any atom is -0.481 e. The second-order valence-corrected chi connectivity index (χ2v) is 9.28. The summed E-state index contributed by atoms with van der Waals surface area (Å²) in [7, 11) is 0. The molecule has 0 aliphatic carbocycles. The monoisotopic (exact) mass is 591 g/mol. The Morgan fingerprint density at radius 2 is 1.33 bits per heavy atom. The fraction of sp³-hybridized carbons (Fsp3) is 0.448. The molecule has 0 spiro atoms. The third kappa shape index (κ3) is 10.3. The van der Waals surface area contributed by atoms with Crippen LogP contribution >= 0.6 is 0 Å². The van der Waals surface area contributed by atoms with Gasteiger partial charge >= 0.3 is 23.9 Å². The summed E-state index contributed by atoms with van der Waals surface area (Å²) in [6.45, 7) is 8.31. The number of esters is 1. The summed E-state index contributed by atoms with van der Waals surface area (Å²) in [6.07, 6.45) is -2.34. The van der Waals surface area contributed by atoms with Crippen molar-refractivity contribution in [3.05, 3.63) is 60.2 Å². The zero-order chi connectivity index (χ0) is 31.2. The quantitative estimate of drug-likeness (QED) is 0.165. The Kier molecular flexibility index (Phi) is 13.2. The van der Waals surface area contributed by atoms with Gasteiger partial charge in [0.05, 0.1) is 26.1 Å². The van der Waals surface area contributed by atoms with E-state index in [1.165, 1.54) is 0 Å². The van der Waals surface area contributed by atoms with E-state index in [4.69, 9.17) is 39.4 Å². The molecule has 230 valence electrons. The van der Waals surface area contributed by atoms with Crippen molar-refractivity contribution in [2.24, 2.45) is 0 Å². The van der Waals surface area contributed by atoms with Crippen LogP contribution in [-0.4, -0.2) is 94.3 Å². The highest BCUT2D eigenvalue weighted by atomic mass is 16.7.